The van der Waals surface area contributed by atoms with Crippen LogP contribution in [0.3, 0.4) is 0 Å². The van der Waals surface area contributed by atoms with Crippen molar-refractivity contribution in [3.05, 3.63) is 0 Å². The first-order valence-electron chi connectivity index (χ1n) is 12.7. The van der Waals surface area contributed by atoms with Crippen LogP contribution in [0.15, 0.2) is 0 Å². The van der Waals surface area contributed by atoms with Gasteiger partial charge in [0.1, 0.15) is 0 Å². The van der Waals surface area contributed by atoms with E-state index in [-0.39, 0.29) is 24.4 Å². The van der Waals surface area contributed by atoms with E-state index >= 15 is 0 Å². The third-order valence-electron chi connectivity index (χ3n) is 7.63. The van der Waals surface area contributed by atoms with E-state index in [9.17, 15) is 0 Å². The standard InChI is InChI=1S/C25H46O6/c1-4-25(2,3)20-9-10-23-24(19-20)31-18-14-27-12-16-29-22-8-6-5-7-21(22)28-15-11-26-13-17-30-23/h20-24H,4-19H2,1-3H3. The third-order valence-corrected chi connectivity index (χ3v) is 7.63. The first-order chi connectivity index (χ1) is 15.1. The molecule has 0 aromatic carbocycles. The molecule has 0 radical (unpaired) electrons. The highest BCUT2D eigenvalue weighted by molar-refractivity contribution is 4.88. The molecule has 1 saturated heterocycles. The molecule has 0 aromatic heterocycles. The van der Waals surface area contributed by atoms with Crippen molar-refractivity contribution >= 4 is 0 Å². The van der Waals surface area contributed by atoms with Crippen molar-refractivity contribution in [2.45, 2.75) is 96.6 Å². The fraction of sp³-hybridized carbons (Fsp3) is 1.00. The van der Waals surface area contributed by atoms with Gasteiger partial charge in [-0.2, -0.15) is 0 Å². The van der Waals surface area contributed by atoms with Gasteiger partial charge in [0, 0.05) is 0 Å². The lowest BCUT2D eigenvalue weighted by molar-refractivity contribution is -0.138. The summed E-state index contributed by atoms with van der Waals surface area (Å²) >= 11 is 0. The third kappa shape index (κ3) is 8.24. The van der Waals surface area contributed by atoms with Crippen LogP contribution in [0.4, 0.5) is 0 Å². The summed E-state index contributed by atoms with van der Waals surface area (Å²) in [5.41, 5.74) is 0.342. The minimum Gasteiger partial charge on any atom is -0.377 e. The van der Waals surface area contributed by atoms with Gasteiger partial charge in [0.15, 0.2) is 0 Å². The van der Waals surface area contributed by atoms with E-state index in [1.807, 2.05) is 0 Å². The minimum atomic E-state index is 0.134. The molecule has 3 rings (SSSR count). The zero-order valence-electron chi connectivity index (χ0n) is 20.1. The Bertz CT molecular complexity index is 485. The zero-order chi connectivity index (χ0) is 21.9. The summed E-state index contributed by atoms with van der Waals surface area (Å²) in [6, 6.07) is 0. The maximum absolute atomic E-state index is 6.30. The Hall–Kier alpha value is -0.240. The Kier molecular flexibility index (Phi) is 11.0. The van der Waals surface area contributed by atoms with Crippen molar-refractivity contribution < 1.29 is 28.4 Å². The van der Waals surface area contributed by atoms with Crippen molar-refractivity contribution in [1.82, 2.24) is 0 Å². The van der Waals surface area contributed by atoms with Gasteiger partial charge in [-0.05, 0) is 43.4 Å². The van der Waals surface area contributed by atoms with E-state index in [1.54, 1.807) is 0 Å². The van der Waals surface area contributed by atoms with E-state index in [0.717, 1.165) is 25.7 Å². The van der Waals surface area contributed by atoms with Crippen LogP contribution in [0.1, 0.15) is 72.1 Å². The highest BCUT2D eigenvalue weighted by atomic mass is 16.6. The number of ether oxygens (including phenoxy) is 6. The van der Waals surface area contributed by atoms with Gasteiger partial charge in [-0.1, -0.05) is 40.0 Å². The summed E-state index contributed by atoms with van der Waals surface area (Å²) in [4.78, 5) is 0. The van der Waals surface area contributed by atoms with E-state index in [0.29, 0.717) is 64.2 Å². The molecule has 6 nitrogen and oxygen atoms in total. The topological polar surface area (TPSA) is 55.4 Å². The normalized spacial score (nSPS) is 35.9. The average molecular weight is 443 g/mol. The lowest BCUT2D eigenvalue weighted by Crippen LogP contribution is -2.42. The summed E-state index contributed by atoms with van der Waals surface area (Å²) < 4.78 is 36.3. The summed E-state index contributed by atoms with van der Waals surface area (Å²) in [5.74, 6) is 0.673. The molecular weight excluding hydrogens is 396 g/mol. The highest BCUT2D eigenvalue weighted by Gasteiger charge is 2.38. The number of fused-ring (bicyclic) bond motifs is 2. The van der Waals surface area contributed by atoms with Crippen LogP contribution in [0, 0.1) is 11.3 Å². The van der Waals surface area contributed by atoms with Crippen LogP contribution in [-0.2, 0) is 28.4 Å². The van der Waals surface area contributed by atoms with E-state index in [4.69, 9.17) is 28.4 Å². The maximum atomic E-state index is 6.30. The Balaban J connectivity index is 1.50. The van der Waals surface area contributed by atoms with Gasteiger partial charge in [-0.15, -0.1) is 0 Å². The van der Waals surface area contributed by atoms with E-state index < -0.39 is 0 Å². The van der Waals surface area contributed by atoms with Crippen LogP contribution >= 0.6 is 0 Å². The van der Waals surface area contributed by atoms with Crippen LogP contribution in [0.5, 0.6) is 0 Å². The van der Waals surface area contributed by atoms with Gasteiger partial charge in [0.25, 0.3) is 0 Å². The summed E-state index contributed by atoms with van der Waals surface area (Å²) in [6.07, 6.45) is 9.72. The van der Waals surface area contributed by atoms with Crippen molar-refractivity contribution in [1.29, 1.82) is 0 Å². The van der Waals surface area contributed by atoms with Gasteiger partial charge >= 0.3 is 0 Å². The molecule has 1 aliphatic heterocycles. The Labute approximate surface area is 189 Å². The molecule has 5 unspecified atom stereocenters. The van der Waals surface area contributed by atoms with Crippen molar-refractivity contribution in [2.75, 3.05) is 52.9 Å². The molecule has 3 fully saturated rings. The van der Waals surface area contributed by atoms with Crippen LogP contribution in [0.2, 0.25) is 0 Å². The van der Waals surface area contributed by atoms with Crippen molar-refractivity contribution in [3.63, 3.8) is 0 Å². The molecule has 0 bridgehead atoms. The fourth-order valence-corrected chi connectivity index (χ4v) is 5.15. The molecule has 2 aliphatic carbocycles. The van der Waals surface area contributed by atoms with Gasteiger partial charge < -0.3 is 28.4 Å². The molecule has 6 heteroatoms. The molecule has 3 aliphatic rings. The lowest BCUT2D eigenvalue weighted by atomic mass is 9.68. The van der Waals surface area contributed by atoms with Crippen molar-refractivity contribution in [2.24, 2.45) is 11.3 Å². The fourth-order valence-electron chi connectivity index (χ4n) is 5.15. The quantitative estimate of drug-likeness (QED) is 0.632. The molecule has 0 spiro atoms. The summed E-state index contributed by atoms with van der Waals surface area (Å²) in [7, 11) is 0. The van der Waals surface area contributed by atoms with Crippen LogP contribution in [-0.4, -0.2) is 77.3 Å². The van der Waals surface area contributed by atoms with E-state index in [2.05, 4.69) is 20.8 Å². The van der Waals surface area contributed by atoms with Crippen LogP contribution < -0.4 is 0 Å². The largest absolute Gasteiger partial charge is 0.377 e. The Morgan fingerprint density at radius 2 is 1.03 bits per heavy atom. The lowest BCUT2D eigenvalue weighted by Gasteiger charge is -2.42. The molecule has 0 aromatic rings. The Morgan fingerprint density at radius 3 is 1.52 bits per heavy atom. The van der Waals surface area contributed by atoms with E-state index in [1.165, 1.54) is 25.7 Å². The van der Waals surface area contributed by atoms with Gasteiger partial charge in [0.05, 0.1) is 77.3 Å². The van der Waals surface area contributed by atoms with Gasteiger partial charge in [-0.3, -0.25) is 0 Å². The predicted molar refractivity (Wildman–Crippen MR) is 120 cm³/mol. The van der Waals surface area contributed by atoms with Crippen molar-refractivity contribution in [3.8, 4) is 0 Å². The smallest absolute Gasteiger partial charge is 0.0840 e. The zero-order valence-corrected chi connectivity index (χ0v) is 20.1. The summed E-state index contributed by atoms with van der Waals surface area (Å²) in [6.45, 7) is 11.9. The first-order valence-corrected chi connectivity index (χ1v) is 12.7. The molecule has 5 atom stereocenters. The monoisotopic (exact) mass is 442 g/mol. The first kappa shape index (κ1) is 25.4. The molecule has 0 N–H and O–H groups in total. The second kappa shape index (κ2) is 13.5. The molecule has 2 saturated carbocycles. The minimum absolute atomic E-state index is 0.134. The number of hydrogen-bond acceptors (Lipinski definition) is 6. The number of rotatable bonds is 2. The second-order valence-corrected chi connectivity index (χ2v) is 10.00. The highest BCUT2D eigenvalue weighted by Crippen LogP contribution is 2.42. The maximum Gasteiger partial charge on any atom is 0.0840 e. The summed E-state index contributed by atoms with van der Waals surface area (Å²) in [5, 5.41) is 0. The number of hydrogen-bond donors (Lipinski definition) is 0. The SMILES string of the molecule is CCC(C)(C)C1CCC2OCCOCCOC3CCCCC3OCCOCCOC2C1. The van der Waals surface area contributed by atoms with Gasteiger partial charge in [0.2, 0.25) is 0 Å². The average Bonchev–Trinajstić information content (AvgIpc) is 2.78. The second-order valence-electron chi connectivity index (χ2n) is 10.00. The molecule has 31 heavy (non-hydrogen) atoms. The van der Waals surface area contributed by atoms with Gasteiger partial charge in [-0.25, -0.2) is 0 Å². The predicted octanol–water partition coefficient (Wildman–Crippen LogP) is 4.38. The molecule has 0 amide bonds. The molecular formula is C25H46O6. The molecule has 1 heterocycles. The molecule has 182 valence electrons. The van der Waals surface area contributed by atoms with Crippen LogP contribution in [0.25, 0.3) is 0 Å². The Morgan fingerprint density at radius 1 is 0.581 bits per heavy atom.